The van der Waals surface area contributed by atoms with Crippen molar-refractivity contribution in [2.45, 2.75) is 6.42 Å². The number of halogens is 2. The second-order valence-electron chi connectivity index (χ2n) is 4.66. The highest BCUT2D eigenvalue weighted by atomic mass is 35.5. The number of pyridine rings is 1. The Hall–Kier alpha value is -2.65. The molecule has 0 amide bonds. The van der Waals surface area contributed by atoms with Crippen LogP contribution in [-0.2, 0) is 6.42 Å². The lowest BCUT2D eigenvalue weighted by molar-refractivity contribution is 0.629. The molecule has 0 unspecified atom stereocenters. The van der Waals surface area contributed by atoms with Gasteiger partial charge in [-0.2, -0.15) is 5.26 Å². The highest BCUT2D eigenvalue weighted by molar-refractivity contribution is 6.31. The molecule has 22 heavy (non-hydrogen) atoms. The largest absolute Gasteiger partial charge is 0.370 e. The highest BCUT2D eigenvalue weighted by Gasteiger charge is 2.05. The molecule has 0 radical (unpaired) electrons. The molecule has 0 spiro atoms. The predicted molar refractivity (Wildman–Crippen MR) is 82.2 cm³/mol. The normalized spacial score (nSPS) is 10.6. The van der Waals surface area contributed by atoms with Crippen LogP contribution in [-0.4, -0.2) is 21.5 Å². The number of anilines is 1. The number of benzene rings is 1. The van der Waals surface area contributed by atoms with Crippen LogP contribution in [0.1, 0.15) is 11.5 Å². The van der Waals surface area contributed by atoms with Crippen molar-refractivity contribution in [1.29, 1.82) is 5.26 Å². The van der Waals surface area contributed by atoms with Crippen LogP contribution in [0.15, 0.2) is 30.3 Å². The van der Waals surface area contributed by atoms with Gasteiger partial charge in [0.1, 0.15) is 23.5 Å². The molecule has 0 saturated heterocycles. The maximum Gasteiger partial charge on any atom is 0.161 e. The Labute approximate surface area is 130 Å². The monoisotopic (exact) mass is 315 g/mol. The molecule has 0 aliphatic carbocycles. The molecule has 1 aromatic carbocycles. The van der Waals surface area contributed by atoms with Gasteiger partial charge in [-0.15, -0.1) is 0 Å². The van der Waals surface area contributed by atoms with E-state index in [9.17, 15) is 4.39 Å². The molecule has 0 atom stereocenters. The first kappa shape index (κ1) is 14.3. The number of nitrogens with one attached hydrogen (secondary N) is 2. The van der Waals surface area contributed by atoms with Crippen LogP contribution in [0.3, 0.4) is 0 Å². The van der Waals surface area contributed by atoms with Crippen LogP contribution in [0.5, 0.6) is 0 Å². The third kappa shape index (κ3) is 3.00. The number of H-pyrrole nitrogens is 1. The Balaban J connectivity index is 1.66. The van der Waals surface area contributed by atoms with Crippen molar-refractivity contribution in [3.8, 4) is 6.07 Å². The van der Waals surface area contributed by atoms with Gasteiger partial charge in [-0.3, -0.25) is 0 Å². The summed E-state index contributed by atoms with van der Waals surface area (Å²) in [5.41, 5.74) is 1.59. The molecule has 2 heterocycles. The summed E-state index contributed by atoms with van der Waals surface area (Å²) in [6, 6.07) is 9.69. The average molecular weight is 316 g/mol. The quantitative estimate of drug-likeness (QED) is 0.774. The summed E-state index contributed by atoms with van der Waals surface area (Å²) in [5.74, 6) is 1.03. The molecule has 3 aromatic rings. The number of hydrogen-bond donors (Lipinski definition) is 2. The molecule has 7 heteroatoms. The van der Waals surface area contributed by atoms with E-state index in [0.29, 0.717) is 29.3 Å². The Kier molecular flexibility index (Phi) is 3.90. The van der Waals surface area contributed by atoms with Gasteiger partial charge < -0.3 is 10.3 Å². The lowest BCUT2D eigenvalue weighted by Gasteiger charge is -2.04. The van der Waals surface area contributed by atoms with Crippen LogP contribution in [0, 0.1) is 17.1 Å². The maximum absolute atomic E-state index is 13.1. The zero-order valence-corrected chi connectivity index (χ0v) is 12.2. The summed E-state index contributed by atoms with van der Waals surface area (Å²) in [7, 11) is 0. The van der Waals surface area contributed by atoms with Crippen LogP contribution in [0.4, 0.5) is 10.2 Å². The fourth-order valence-electron chi connectivity index (χ4n) is 2.08. The predicted octanol–water partition coefficient (Wildman–Crippen LogP) is 3.28. The molecular formula is C15H11ClFN5. The number of nitriles is 1. The number of aromatic amines is 1. The molecule has 0 saturated carbocycles. The number of fused-ring (bicyclic) bond motifs is 1. The van der Waals surface area contributed by atoms with Crippen LogP contribution < -0.4 is 5.32 Å². The molecule has 2 N–H and O–H groups in total. The van der Waals surface area contributed by atoms with E-state index in [0.717, 1.165) is 11.3 Å². The van der Waals surface area contributed by atoms with E-state index < -0.39 is 0 Å². The molecule has 5 nitrogen and oxygen atoms in total. The SMILES string of the molecule is N#Cc1nc(NCCc2nc3ccc(F)cc3[nH]2)ccc1Cl. The Morgan fingerprint density at radius 1 is 1.27 bits per heavy atom. The van der Waals surface area contributed by atoms with E-state index in [1.807, 2.05) is 6.07 Å². The first-order chi connectivity index (χ1) is 10.7. The molecule has 0 fully saturated rings. The first-order valence-corrected chi connectivity index (χ1v) is 6.98. The second kappa shape index (κ2) is 6.00. The molecule has 2 aromatic heterocycles. The van der Waals surface area contributed by atoms with Gasteiger partial charge in [0.2, 0.25) is 0 Å². The number of nitrogens with zero attached hydrogens (tertiary/aromatic N) is 3. The Morgan fingerprint density at radius 2 is 2.14 bits per heavy atom. The van der Waals surface area contributed by atoms with Crippen LogP contribution in [0.2, 0.25) is 5.02 Å². The van der Waals surface area contributed by atoms with E-state index in [1.54, 1.807) is 18.2 Å². The third-order valence-corrected chi connectivity index (χ3v) is 3.42. The lowest BCUT2D eigenvalue weighted by Crippen LogP contribution is -2.07. The zero-order chi connectivity index (χ0) is 15.5. The molecule has 110 valence electrons. The molecule has 0 aliphatic heterocycles. The van der Waals surface area contributed by atoms with Gasteiger partial charge in [-0.1, -0.05) is 11.6 Å². The van der Waals surface area contributed by atoms with Gasteiger partial charge in [-0.25, -0.2) is 14.4 Å². The topological polar surface area (TPSA) is 77.4 Å². The molecule has 0 bridgehead atoms. The average Bonchev–Trinajstić information content (AvgIpc) is 2.90. The smallest absolute Gasteiger partial charge is 0.161 e. The Morgan fingerprint density at radius 3 is 2.95 bits per heavy atom. The third-order valence-electron chi connectivity index (χ3n) is 3.11. The summed E-state index contributed by atoms with van der Waals surface area (Å²) in [6.07, 6.45) is 0.614. The Bertz CT molecular complexity index is 868. The van der Waals surface area contributed by atoms with Gasteiger partial charge in [0, 0.05) is 13.0 Å². The second-order valence-corrected chi connectivity index (χ2v) is 5.07. The zero-order valence-electron chi connectivity index (χ0n) is 11.4. The number of imidazole rings is 1. The summed E-state index contributed by atoms with van der Waals surface area (Å²) in [6.45, 7) is 0.571. The van der Waals surface area contributed by atoms with Crippen molar-refractivity contribution in [2.75, 3.05) is 11.9 Å². The van der Waals surface area contributed by atoms with E-state index in [2.05, 4.69) is 20.3 Å². The van der Waals surface area contributed by atoms with Gasteiger partial charge in [0.25, 0.3) is 0 Å². The maximum atomic E-state index is 13.1. The number of rotatable bonds is 4. The van der Waals surface area contributed by atoms with E-state index in [-0.39, 0.29) is 11.5 Å². The van der Waals surface area contributed by atoms with Gasteiger partial charge in [0.15, 0.2) is 5.69 Å². The van der Waals surface area contributed by atoms with Crippen molar-refractivity contribution in [3.63, 3.8) is 0 Å². The van der Waals surface area contributed by atoms with E-state index >= 15 is 0 Å². The summed E-state index contributed by atoms with van der Waals surface area (Å²) < 4.78 is 13.1. The number of aromatic nitrogens is 3. The van der Waals surface area contributed by atoms with Crippen molar-refractivity contribution in [2.24, 2.45) is 0 Å². The van der Waals surface area contributed by atoms with Crippen molar-refractivity contribution >= 4 is 28.5 Å². The summed E-state index contributed by atoms with van der Waals surface area (Å²) >= 11 is 5.83. The minimum absolute atomic E-state index is 0.186. The van der Waals surface area contributed by atoms with E-state index in [4.69, 9.17) is 16.9 Å². The van der Waals surface area contributed by atoms with E-state index in [1.165, 1.54) is 12.1 Å². The fraction of sp³-hybridized carbons (Fsp3) is 0.133. The van der Waals surface area contributed by atoms with Crippen molar-refractivity contribution < 1.29 is 4.39 Å². The minimum atomic E-state index is -0.296. The fourth-order valence-corrected chi connectivity index (χ4v) is 2.23. The highest BCUT2D eigenvalue weighted by Crippen LogP contribution is 2.16. The van der Waals surface area contributed by atoms with Crippen LogP contribution in [0.25, 0.3) is 11.0 Å². The van der Waals surface area contributed by atoms with Gasteiger partial charge >= 0.3 is 0 Å². The number of hydrogen-bond acceptors (Lipinski definition) is 4. The summed E-state index contributed by atoms with van der Waals surface area (Å²) in [4.78, 5) is 11.5. The minimum Gasteiger partial charge on any atom is -0.370 e. The van der Waals surface area contributed by atoms with Gasteiger partial charge in [-0.05, 0) is 30.3 Å². The molecular weight excluding hydrogens is 305 g/mol. The lowest BCUT2D eigenvalue weighted by atomic mass is 10.3. The van der Waals surface area contributed by atoms with Crippen LogP contribution >= 0.6 is 11.6 Å². The standard InChI is InChI=1S/C15H11ClFN5/c16-10-2-4-14(22-13(10)8-18)19-6-5-15-20-11-3-1-9(17)7-12(11)21-15/h1-4,7H,5-6H2,(H,19,22)(H,20,21). The van der Waals surface area contributed by atoms with Gasteiger partial charge in [0.05, 0.1) is 16.1 Å². The molecule has 0 aliphatic rings. The summed E-state index contributed by atoms with van der Waals surface area (Å²) in [5, 5.41) is 12.3. The molecule has 3 rings (SSSR count). The van der Waals surface area contributed by atoms with Crippen molar-refractivity contribution in [3.05, 3.63) is 52.7 Å². The first-order valence-electron chi connectivity index (χ1n) is 6.60. The van der Waals surface area contributed by atoms with Crippen molar-refractivity contribution in [1.82, 2.24) is 15.0 Å².